The lowest BCUT2D eigenvalue weighted by Gasteiger charge is -2.60. The van der Waals surface area contributed by atoms with E-state index in [4.69, 9.17) is 0 Å². The minimum Gasteiger partial charge on any atom is -0.326 e. The zero-order valence-electron chi connectivity index (χ0n) is 15.7. The van der Waals surface area contributed by atoms with Crippen LogP contribution >= 0.6 is 15.9 Å². The van der Waals surface area contributed by atoms with Crippen LogP contribution in [-0.4, -0.2) is 10.2 Å². The number of alkyl halides is 1. The Balaban J connectivity index is 1.52. The SMILES string of the molecule is Cc1cccc(C(C)C)c1NC(=O)CC12C[C@H]3C[C@@H](CC(Br)(C3)C1)C2. The van der Waals surface area contributed by atoms with Gasteiger partial charge in [0.25, 0.3) is 0 Å². The van der Waals surface area contributed by atoms with E-state index in [0.29, 0.717) is 16.7 Å². The number of anilines is 1. The number of para-hydroxylation sites is 1. The van der Waals surface area contributed by atoms with Gasteiger partial charge in [-0.1, -0.05) is 48.0 Å². The summed E-state index contributed by atoms with van der Waals surface area (Å²) >= 11 is 4.06. The molecule has 0 aromatic heterocycles. The fourth-order valence-corrected chi connectivity index (χ4v) is 7.92. The van der Waals surface area contributed by atoms with Crippen molar-refractivity contribution in [2.45, 2.75) is 76.0 Å². The van der Waals surface area contributed by atoms with Gasteiger partial charge in [0.05, 0.1) is 0 Å². The average molecular weight is 404 g/mol. The minimum absolute atomic E-state index is 0.217. The summed E-state index contributed by atoms with van der Waals surface area (Å²) in [6.45, 7) is 6.48. The number of rotatable bonds is 4. The van der Waals surface area contributed by atoms with E-state index >= 15 is 0 Å². The number of benzene rings is 1. The zero-order valence-corrected chi connectivity index (χ0v) is 17.3. The fraction of sp³-hybridized carbons (Fsp3) is 0.682. The Bertz CT molecular complexity index is 681. The molecule has 0 spiro atoms. The fourth-order valence-electron chi connectivity index (χ4n) is 6.41. The van der Waals surface area contributed by atoms with Gasteiger partial charge >= 0.3 is 0 Å². The van der Waals surface area contributed by atoms with Crippen molar-refractivity contribution in [3.05, 3.63) is 29.3 Å². The number of aryl methyl sites for hydroxylation is 1. The van der Waals surface area contributed by atoms with Gasteiger partial charge in [-0.05, 0) is 79.7 Å². The highest BCUT2D eigenvalue weighted by atomic mass is 79.9. The maximum Gasteiger partial charge on any atom is 0.224 e. The Morgan fingerprint density at radius 3 is 2.52 bits per heavy atom. The summed E-state index contributed by atoms with van der Waals surface area (Å²) in [6.07, 6.45) is 8.44. The van der Waals surface area contributed by atoms with Crippen LogP contribution in [0.2, 0.25) is 0 Å². The maximum atomic E-state index is 13.0. The van der Waals surface area contributed by atoms with Gasteiger partial charge in [-0.2, -0.15) is 0 Å². The molecule has 0 heterocycles. The number of hydrogen-bond acceptors (Lipinski definition) is 1. The van der Waals surface area contributed by atoms with Gasteiger partial charge in [-0.3, -0.25) is 4.79 Å². The number of nitrogens with one attached hydrogen (secondary N) is 1. The molecule has 4 aliphatic rings. The maximum absolute atomic E-state index is 13.0. The molecule has 1 N–H and O–H groups in total. The largest absolute Gasteiger partial charge is 0.326 e. The van der Waals surface area contributed by atoms with Crippen molar-refractivity contribution in [1.82, 2.24) is 0 Å². The van der Waals surface area contributed by atoms with Gasteiger partial charge in [0.15, 0.2) is 0 Å². The first-order chi connectivity index (χ1) is 11.8. The van der Waals surface area contributed by atoms with Gasteiger partial charge in [0.2, 0.25) is 5.91 Å². The Morgan fingerprint density at radius 2 is 1.92 bits per heavy atom. The first-order valence-electron chi connectivity index (χ1n) is 9.86. The molecule has 0 unspecified atom stereocenters. The molecule has 4 aliphatic carbocycles. The molecule has 0 aliphatic heterocycles. The first kappa shape index (κ1) is 17.6. The van der Waals surface area contributed by atoms with Crippen LogP contribution in [-0.2, 0) is 4.79 Å². The summed E-state index contributed by atoms with van der Waals surface area (Å²) in [4.78, 5) is 13.0. The van der Waals surface area contributed by atoms with Crippen LogP contribution in [0.15, 0.2) is 18.2 Å². The second kappa shape index (κ2) is 6.11. The lowest BCUT2D eigenvalue weighted by molar-refractivity contribution is -0.123. The predicted octanol–water partition coefficient (Wildman–Crippen LogP) is 6.18. The summed E-state index contributed by atoms with van der Waals surface area (Å²) in [5.74, 6) is 2.30. The van der Waals surface area contributed by atoms with Crippen molar-refractivity contribution < 1.29 is 4.79 Å². The van der Waals surface area contributed by atoms with Crippen LogP contribution in [0.3, 0.4) is 0 Å². The Morgan fingerprint density at radius 1 is 1.24 bits per heavy atom. The van der Waals surface area contributed by atoms with E-state index in [-0.39, 0.29) is 11.3 Å². The highest BCUT2D eigenvalue weighted by Gasteiger charge is 2.57. The molecule has 4 fully saturated rings. The molecule has 0 radical (unpaired) electrons. The van der Waals surface area contributed by atoms with Crippen LogP contribution in [0.5, 0.6) is 0 Å². The summed E-state index contributed by atoms with van der Waals surface area (Å²) in [6, 6.07) is 6.33. The van der Waals surface area contributed by atoms with Crippen molar-refractivity contribution >= 4 is 27.5 Å². The molecular formula is C22H30BrNO. The van der Waals surface area contributed by atoms with E-state index in [2.05, 4.69) is 60.2 Å². The Hall–Kier alpha value is -0.830. The van der Waals surface area contributed by atoms with Crippen LogP contribution in [0.1, 0.15) is 75.8 Å². The van der Waals surface area contributed by atoms with Crippen LogP contribution in [0, 0.1) is 24.2 Å². The summed E-state index contributed by atoms with van der Waals surface area (Å²) in [5.41, 5.74) is 3.69. The molecule has 4 bridgehead atoms. The Kier molecular flexibility index (Phi) is 4.30. The van der Waals surface area contributed by atoms with Crippen molar-refractivity contribution in [2.75, 3.05) is 5.32 Å². The minimum atomic E-state index is 0.217. The molecule has 0 saturated heterocycles. The Labute approximate surface area is 160 Å². The topological polar surface area (TPSA) is 29.1 Å². The van der Waals surface area contributed by atoms with Crippen molar-refractivity contribution in [3.63, 3.8) is 0 Å². The van der Waals surface area contributed by atoms with Gasteiger partial charge in [0, 0.05) is 16.4 Å². The first-order valence-corrected chi connectivity index (χ1v) is 10.7. The smallest absolute Gasteiger partial charge is 0.224 e. The molecular weight excluding hydrogens is 374 g/mol. The molecule has 1 aromatic carbocycles. The van der Waals surface area contributed by atoms with E-state index < -0.39 is 0 Å². The quantitative estimate of drug-likeness (QED) is 0.597. The van der Waals surface area contributed by atoms with E-state index in [1.165, 1.54) is 49.7 Å². The van der Waals surface area contributed by atoms with Gasteiger partial charge < -0.3 is 5.32 Å². The molecule has 2 atom stereocenters. The molecule has 3 heteroatoms. The van der Waals surface area contributed by atoms with Crippen LogP contribution in [0.4, 0.5) is 5.69 Å². The molecule has 5 rings (SSSR count). The molecule has 25 heavy (non-hydrogen) atoms. The lowest BCUT2D eigenvalue weighted by Crippen LogP contribution is -2.53. The monoisotopic (exact) mass is 403 g/mol. The molecule has 1 amide bonds. The third kappa shape index (κ3) is 3.29. The van der Waals surface area contributed by atoms with E-state index in [1.807, 2.05) is 0 Å². The van der Waals surface area contributed by atoms with Gasteiger partial charge in [0.1, 0.15) is 0 Å². The third-order valence-electron chi connectivity index (χ3n) is 6.84. The zero-order chi connectivity index (χ0) is 17.8. The van der Waals surface area contributed by atoms with Gasteiger partial charge in [-0.15, -0.1) is 0 Å². The number of carbonyl (C=O) groups is 1. The van der Waals surface area contributed by atoms with Crippen LogP contribution < -0.4 is 5.32 Å². The molecule has 136 valence electrons. The number of carbonyl (C=O) groups excluding carboxylic acids is 1. The average Bonchev–Trinajstić information content (AvgIpc) is 2.45. The molecule has 4 saturated carbocycles. The summed E-state index contributed by atoms with van der Waals surface area (Å²) < 4.78 is 0.323. The third-order valence-corrected chi connectivity index (χ3v) is 7.77. The summed E-state index contributed by atoms with van der Waals surface area (Å²) in [7, 11) is 0. The number of amides is 1. The number of hydrogen-bond donors (Lipinski definition) is 1. The normalized spacial score (nSPS) is 36.0. The van der Waals surface area contributed by atoms with E-state index in [9.17, 15) is 4.79 Å². The van der Waals surface area contributed by atoms with Crippen molar-refractivity contribution in [2.24, 2.45) is 17.3 Å². The van der Waals surface area contributed by atoms with Crippen LogP contribution in [0.25, 0.3) is 0 Å². The second-order valence-electron chi connectivity index (χ2n) is 9.53. The van der Waals surface area contributed by atoms with Crippen molar-refractivity contribution in [1.29, 1.82) is 0 Å². The standard InChI is InChI=1S/C22H30BrNO/c1-14(2)18-6-4-5-15(3)20(18)24-19(25)12-21-8-16-7-17(9-21)11-22(23,10-16)13-21/h4-6,14,16-17H,7-13H2,1-3H3,(H,24,25)/t16-,17-,21?,22?/m1/s1. The number of halogens is 1. The second-order valence-corrected chi connectivity index (χ2v) is 11.2. The highest BCUT2D eigenvalue weighted by Crippen LogP contribution is 2.65. The molecule has 1 aromatic rings. The van der Waals surface area contributed by atoms with Gasteiger partial charge in [-0.25, -0.2) is 0 Å². The lowest BCUT2D eigenvalue weighted by atomic mass is 9.48. The predicted molar refractivity (Wildman–Crippen MR) is 107 cm³/mol. The van der Waals surface area contributed by atoms with E-state index in [1.54, 1.807) is 0 Å². The molecule has 2 nitrogen and oxygen atoms in total. The van der Waals surface area contributed by atoms with Crippen molar-refractivity contribution in [3.8, 4) is 0 Å². The van der Waals surface area contributed by atoms with E-state index in [0.717, 1.165) is 17.5 Å². The summed E-state index contributed by atoms with van der Waals surface area (Å²) in [5, 5.41) is 3.29. The highest BCUT2D eigenvalue weighted by molar-refractivity contribution is 9.10.